The number of ether oxygens (including phenoxy) is 1. The standard InChI is InChI=1S/C28H25F3N2O3/c1-18(14-19-10-12-22(36-2)13-11-19)32-27(35)26(34)24-17-33(25-9-4-3-8-23(24)25)16-20-6-5-7-21(15-20)28(29,30)31/h3-13,15,17-18H,14,16H2,1-2H3,(H,32,35)/t18-/m1/s1. The summed E-state index contributed by atoms with van der Waals surface area (Å²) >= 11 is 0. The van der Waals surface area contributed by atoms with E-state index in [9.17, 15) is 22.8 Å². The molecule has 0 unspecified atom stereocenters. The van der Waals surface area contributed by atoms with Crippen molar-refractivity contribution in [3.05, 3.63) is 101 Å². The van der Waals surface area contributed by atoms with Crippen LogP contribution in [-0.4, -0.2) is 29.4 Å². The van der Waals surface area contributed by atoms with Crippen LogP contribution in [0.2, 0.25) is 0 Å². The van der Waals surface area contributed by atoms with Gasteiger partial charge in [0.1, 0.15) is 5.75 Å². The maximum Gasteiger partial charge on any atom is 0.416 e. The average molecular weight is 495 g/mol. The summed E-state index contributed by atoms with van der Waals surface area (Å²) in [7, 11) is 1.58. The summed E-state index contributed by atoms with van der Waals surface area (Å²) in [6, 6.07) is 19.2. The summed E-state index contributed by atoms with van der Waals surface area (Å²) in [6.45, 7) is 1.93. The van der Waals surface area contributed by atoms with Gasteiger partial charge >= 0.3 is 6.18 Å². The molecule has 4 rings (SSSR count). The molecule has 0 aliphatic heterocycles. The van der Waals surface area contributed by atoms with Crippen molar-refractivity contribution >= 4 is 22.6 Å². The second-order valence-corrected chi connectivity index (χ2v) is 8.64. The van der Waals surface area contributed by atoms with E-state index < -0.39 is 23.4 Å². The van der Waals surface area contributed by atoms with Crippen LogP contribution in [0.25, 0.3) is 10.9 Å². The number of Topliss-reactive ketones (excluding diaryl/α,β-unsaturated/α-hetero) is 1. The maximum absolute atomic E-state index is 13.1. The number of hydrogen-bond donors (Lipinski definition) is 1. The number of halogens is 3. The van der Waals surface area contributed by atoms with Crippen molar-refractivity contribution in [3.8, 4) is 5.75 Å². The molecule has 0 aliphatic carbocycles. The lowest BCUT2D eigenvalue weighted by Gasteiger charge is -2.13. The highest BCUT2D eigenvalue weighted by molar-refractivity contribution is 6.45. The molecular weight excluding hydrogens is 469 g/mol. The van der Waals surface area contributed by atoms with Gasteiger partial charge in [0.05, 0.1) is 18.2 Å². The number of rotatable bonds is 8. The molecule has 1 N–H and O–H groups in total. The van der Waals surface area contributed by atoms with E-state index in [4.69, 9.17) is 4.74 Å². The Morgan fingerprint density at radius 1 is 0.972 bits per heavy atom. The molecule has 0 spiro atoms. The Morgan fingerprint density at radius 2 is 1.69 bits per heavy atom. The highest BCUT2D eigenvalue weighted by Crippen LogP contribution is 2.30. The van der Waals surface area contributed by atoms with E-state index >= 15 is 0 Å². The number of nitrogens with one attached hydrogen (secondary N) is 1. The number of fused-ring (bicyclic) bond motifs is 1. The van der Waals surface area contributed by atoms with Crippen molar-refractivity contribution < 1.29 is 27.5 Å². The summed E-state index contributed by atoms with van der Waals surface area (Å²) in [5.41, 5.74) is 1.53. The first-order valence-corrected chi connectivity index (χ1v) is 11.4. The Balaban J connectivity index is 1.53. The Bertz CT molecular complexity index is 1390. The smallest absolute Gasteiger partial charge is 0.416 e. The van der Waals surface area contributed by atoms with Gasteiger partial charge in [0.25, 0.3) is 11.7 Å². The third-order valence-electron chi connectivity index (χ3n) is 5.93. The van der Waals surface area contributed by atoms with Crippen LogP contribution in [0.5, 0.6) is 5.75 Å². The van der Waals surface area contributed by atoms with Crippen LogP contribution in [0.3, 0.4) is 0 Å². The molecule has 8 heteroatoms. The molecular formula is C28H25F3N2O3. The topological polar surface area (TPSA) is 60.3 Å². The van der Waals surface area contributed by atoms with Crippen LogP contribution in [-0.2, 0) is 23.9 Å². The van der Waals surface area contributed by atoms with Crippen LogP contribution in [0, 0.1) is 0 Å². The third-order valence-corrected chi connectivity index (χ3v) is 5.93. The van der Waals surface area contributed by atoms with Crippen LogP contribution in [0.4, 0.5) is 13.2 Å². The van der Waals surface area contributed by atoms with Gasteiger partial charge in [0, 0.05) is 29.7 Å². The Hall–Kier alpha value is -4.07. The molecule has 1 aromatic heterocycles. The van der Waals surface area contributed by atoms with Crippen molar-refractivity contribution in [2.45, 2.75) is 32.1 Å². The molecule has 5 nitrogen and oxygen atoms in total. The number of ketones is 1. The molecule has 0 bridgehead atoms. The molecule has 3 aromatic carbocycles. The van der Waals surface area contributed by atoms with Gasteiger partial charge in [-0.05, 0) is 54.8 Å². The van der Waals surface area contributed by atoms with Gasteiger partial charge in [-0.25, -0.2) is 0 Å². The van der Waals surface area contributed by atoms with E-state index in [1.165, 1.54) is 12.3 Å². The number of alkyl halides is 3. The number of methoxy groups -OCH3 is 1. The largest absolute Gasteiger partial charge is 0.497 e. The van der Waals surface area contributed by atoms with Gasteiger partial charge in [0.15, 0.2) is 0 Å². The van der Waals surface area contributed by atoms with Crippen molar-refractivity contribution in [3.63, 3.8) is 0 Å². The van der Waals surface area contributed by atoms with E-state index in [1.807, 2.05) is 31.2 Å². The molecule has 0 radical (unpaired) electrons. The number of nitrogens with zero attached hydrogens (tertiary/aromatic N) is 1. The zero-order valence-corrected chi connectivity index (χ0v) is 19.8. The lowest BCUT2D eigenvalue weighted by molar-refractivity contribution is -0.137. The first-order chi connectivity index (χ1) is 17.2. The van der Waals surface area contributed by atoms with Crippen molar-refractivity contribution in [2.75, 3.05) is 7.11 Å². The third kappa shape index (κ3) is 5.59. The van der Waals surface area contributed by atoms with E-state index in [-0.39, 0.29) is 18.2 Å². The molecule has 0 saturated heterocycles. The predicted octanol–water partition coefficient (Wildman–Crippen LogP) is 5.65. The van der Waals surface area contributed by atoms with Crippen LogP contribution in [0.15, 0.2) is 79.0 Å². The van der Waals surface area contributed by atoms with E-state index in [0.717, 1.165) is 23.4 Å². The number of para-hydroxylation sites is 1. The fourth-order valence-corrected chi connectivity index (χ4v) is 4.18. The summed E-state index contributed by atoms with van der Waals surface area (Å²) in [6.07, 6.45) is -2.39. The summed E-state index contributed by atoms with van der Waals surface area (Å²) < 4.78 is 46.2. The van der Waals surface area contributed by atoms with E-state index in [2.05, 4.69) is 5.32 Å². The second kappa shape index (κ2) is 10.3. The monoisotopic (exact) mass is 494 g/mol. The van der Waals surface area contributed by atoms with Crippen molar-refractivity contribution in [1.82, 2.24) is 9.88 Å². The molecule has 1 amide bonds. The molecule has 1 atom stereocenters. The zero-order valence-electron chi connectivity index (χ0n) is 19.8. The molecule has 4 aromatic rings. The van der Waals surface area contributed by atoms with Crippen LogP contribution < -0.4 is 10.1 Å². The number of hydrogen-bond acceptors (Lipinski definition) is 3. The van der Waals surface area contributed by atoms with E-state index in [1.54, 1.807) is 42.0 Å². The minimum atomic E-state index is -4.45. The molecule has 0 aliphatic rings. The van der Waals surface area contributed by atoms with Gasteiger partial charge in [0.2, 0.25) is 0 Å². The molecule has 186 valence electrons. The SMILES string of the molecule is COc1ccc(C[C@@H](C)NC(=O)C(=O)c2cn(Cc3cccc(C(F)(F)F)c3)c3ccccc23)cc1. The quantitative estimate of drug-likeness (QED) is 0.255. The number of amides is 1. The van der Waals surface area contributed by atoms with Gasteiger partial charge in [-0.15, -0.1) is 0 Å². The minimum Gasteiger partial charge on any atom is -0.497 e. The molecule has 0 saturated carbocycles. The lowest BCUT2D eigenvalue weighted by Crippen LogP contribution is -2.38. The summed E-state index contributed by atoms with van der Waals surface area (Å²) in [5, 5.41) is 3.31. The predicted molar refractivity (Wildman–Crippen MR) is 131 cm³/mol. The second-order valence-electron chi connectivity index (χ2n) is 8.64. The van der Waals surface area contributed by atoms with E-state index in [0.29, 0.717) is 22.9 Å². The number of aromatic nitrogens is 1. The number of benzene rings is 3. The molecule has 36 heavy (non-hydrogen) atoms. The average Bonchev–Trinajstić information content (AvgIpc) is 3.22. The van der Waals surface area contributed by atoms with Gasteiger partial charge in [-0.2, -0.15) is 13.2 Å². The Kier molecular flexibility index (Phi) is 7.15. The van der Waals surface area contributed by atoms with Crippen LogP contribution in [0.1, 0.15) is 34.0 Å². The highest BCUT2D eigenvalue weighted by atomic mass is 19.4. The first-order valence-electron chi connectivity index (χ1n) is 11.4. The fraction of sp³-hybridized carbons (Fsp3) is 0.214. The lowest BCUT2D eigenvalue weighted by atomic mass is 10.1. The maximum atomic E-state index is 13.1. The van der Waals surface area contributed by atoms with Crippen LogP contribution >= 0.6 is 0 Å². The fourth-order valence-electron chi connectivity index (χ4n) is 4.18. The highest BCUT2D eigenvalue weighted by Gasteiger charge is 2.30. The summed E-state index contributed by atoms with van der Waals surface area (Å²) in [4.78, 5) is 25.9. The minimum absolute atomic E-state index is 0.118. The van der Waals surface area contributed by atoms with Crippen molar-refractivity contribution in [1.29, 1.82) is 0 Å². The van der Waals surface area contributed by atoms with Crippen molar-refractivity contribution in [2.24, 2.45) is 0 Å². The normalized spacial score (nSPS) is 12.4. The summed E-state index contributed by atoms with van der Waals surface area (Å²) in [5.74, 6) is -0.708. The zero-order chi connectivity index (χ0) is 25.9. The molecule has 0 fully saturated rings. The van der Waals surface area contributed by atoms with Gasteiger partial charge in [-0.1, -0.05) is 42.5 Å². The first kappa shape index (κ1) is 25.0. The molecule has 1 heterocycles. The van der Waals surface area contributed by atoms with Gasteiger partial charge in [-0.3, -0.25) is 9.59 Å². The Morgan fingerprint density at radius 3 is 2.39 bits per heavy atom. The van der Waals surface area contributed by atoms with Gasteiger partial charge < -0.3 is 14.6 Å². The Labute approximate surface area is 206 Å². The number of carbonyl (C=O) groups excluding carboxylic acids is 2. The number of carbonyl (C=O) groups is 2.